The molecule has 0 saturated heterocycles. The first kappa shape index (κ1) is 16.9. The zero-order valence-corrected chi connectivity index (χ0v) is 12.9. The minimum absolute atomic E-state index is 0.00484. The third kappa shape index (κ3) is 5.07. The summed E-state index contributed by atoms with van der Waals surface area (Å²) in [6, 6.07) is 5.73. The lowest BCUT2D eigenvalue weighted by Crippen LogP contribution is -2.35. The SMILES string of the molecule is C[C@@H]1CCCC[C@H]1OCC(=O)NC[C@@H](O)c1cccc(F)c1. The molecule has 0 spiro atoms. The molecule has 5 heteroatoms. The molecule has 22 heavy (non-hydrogen) atoms. The van der Waals surface area contributed by atoms with Crippen LogP contribution < -0.4 is 5.32 Å². The van der Waals surface area contributed by atoms with Crippen LogP contribution in [0.25, 0.3) is 0 Å². The predicted molar refractivity (Wildman–Crippen MR) is 81.7 cm³/mol. The maximum Gasteiger partial charge on any atom is 0.246 e. The number of halogens is 1. The number of carbonyl (C=O) groups is 1. The molecule has 1 aliphatic rings. The van der Waals surface area contributed by atoms with Crippen LogP contribution in [0.3, 0.4) is 0 Å². The standard InChI is InChI=1S/C17H24FNO3/c1-12-5-2-3-8-16(12)22-11-17(21)19-10-15(20)13-6-4-7-14(18)9-13/h4,6-7,9,12,15-16,20H,2-3,5,8,10-11H2,1H3,(H,19,21)/t12-,15-,16-/m1/s1. The van der Waals surface area contributed by atoms with E-state index in [1.54, 1.807) is 6.07 Å². The number of hydrogen-bond donors (Lipinski definition) is 2. The average Bonchev–Trinajstić information content (AvgIpc) is 2.52. The summed E-state index contributed by atoms with van der Waals surface area (Å²) in [4.78, 5) is 11.8. The number of hydrogen-bond acceptors (Lipinski definition) is 3. The van der Waals surface area contributed by atoms with Gasteiger partial charge in [-0.15, -0.1) is 0 Å². The van der Waals surface area contributed by atoms with E-state index >= 15 is 0 Å². The van der Waals surface area contributed by atoms with Gasteiger partial charge in [0.1, 0.15) is 12.4 Å². The van der Waals surface area contributed by atoms with Crippen LogP contribution in [-0.4, -0.2) is 30.3 Å². The maximum atomic E-state index is 13.1. The smallest absolute Gasteiger partial charge is 0.246 e. The van der Waals surface area contributed by atoms with E-state index in [0.29, 0.717) is 11.5 Å². The minimum atomic E-state index is -0.923. The van der Waals surface area contributed by atoms with Crippen LogP contribution in [-0.2, 0) is 9.53 Å². The molecule has 1 amide bonds. The molecular weight excluding hydrogens is 285 g/mol. The van der Waals surface area contributed by atoms with Crippen LogP contribution in [0, 0.1) is 11.7 Å². The van der Waals surface area contributed by atoms with Crippen molar-refractivity contribution in [1.29, 1.82) is 0 Å². The molecule has 3 atom stereocenters. The quantitative estimate of drug-likeness (QED) is 0.849. The van der Waals surface area contributed by atoms with Gasteiger partial charge < -0.3 is 15.2 Å². The Bertz CT molecular complexity index is 495. The van der Waals surface area contributed by atoms with E-state index in [1.165, 1.54) is 24.6 Å². The lowest BCUT2D eigenvalue weighted by atomic mass is 9.88. The molecule has 2 N–H and O–H groups in total. The van der Waals surface area contributed by atoms with Crippen molar-refractivity contribution in [3.05, 3.63) is 35.6 Å². The Morgan fingerprint density at radius 1 is 1.45 bits per heavy atom. The molecule has 0 aromatic heterocycles. The van der Waals surface area contributed by atoms with Crippen molar-refractivity contribution >= 4 is 5.91 Å². The fraction of sp³-hybridized carbons (Fsp3) is 0.588. The van der Waals surface area contributed by atoms with Gasteiger partial charge in [-0.05, 0) is 36.5 Å². The molecule has 0 aliphatic heterocycles. The van der Waals surface area contributed by atoms with E-state index in [0.717, 1.165) is 19.3 Å². The monoisotopic (exact) mass is 309 g/mol. The Labute approximate surface area is 130 Å². The lowest BCUT2D eigenvalue weighted by Gasteiger charge is -2.28. The highest BCUT2D eigenvalue weighted by Gasteiger charge is 2.22. The molecule has 4 nitrogen and oxygen atoms in total. The molecule has 0 unspecified atom stereocenters. The van der Waals surface area contributed by atoms with Crippen LogP contribution >= 0.6 is 0 Å². The second-order valence-corrected chi connectivity index (χ2v) is 5.99. The first-order chi connectivity index (χ1) is 10.6. The Kier molecular flexibility index (Phi) is 6.34. The van der Waals surface area contributed by atoms with Gasteiger partial charge in [0.15, 0.2) is 0 Å². The molecule has 1 fully saturated rings. The molecule has 1 aliphatic carbocycles. The summed E-state index contributed by atoms with van der Waals surface area (Å²) in [7, 11) is 0. The molecule has 1 saturated carbocycles. The Morgan fingerprint density at radius 2 is 2.23 bits per heavy atom. The van der Waals surface area contributed by atoms with Crippen molar-refractivity contribution in [2.24, 2.45) is 5.92 Å². The number of nitrogens with one attached hydrogen (secondary N) is 1. The number of aliphatic hydroxyl groups is 1. The topological polar surface area (TPSA) is 58.6 Å². The zero-order chi connectivity index (χ0) is 15.9. The minimum Gasteiger partial charge on any atom is -0.387 e. The summed E-state index contributed by atoms with van der Waals surface area (Å²) < 4.78 is 18.7. The Hall–Kier alpha value is -1.46. The van der Waals surface area contributed by atoms with E-state index in [2.05, 4.69) is 12.2 Å². The number of carbonyl (C=O) groups excluding carboxylic acids is 1. The lowest BCUT2D eigenvalue weighted by molar-refractivity contribution is -0.130. The highest BCUT2D eigenvalue weighted by atomic mass is 19.1. The third-order valence-electron chi connectivity index (χ3n) is 4.19. The Balaban J connectivity index is 1.71. The molecule has 0 heterocycles. The number of aliphatic hydroxyl groups excluding tert-OH is 1. The number of amides is 1. The van der Waals surface area contributed by atoms with Crippen molar-refractivity contribution in [2.45, 2.75) is 44.8 Å². The van der Waals surface area contributed by atoms with E-state index in [9.17, 15) is 14.3 Å². The maximum absolute atomic E-state index is 13.1. The number of benzene rings is 1. The van der Waals surface area contributed by atoms with E-state index in [-0.39, 0.29) is 25.2 Å². The van der Waals surface area contributed by atoms with Gasteiger partial charge in [-0.25, -0.2) is 4.39 Å². The van der Waals surface area contributed by atoms with Gasteiger partial charge in [-0.2, -0.15) is 0 Å². The summed E-state index contributed by atoms with van der Waals surface area (Å²) in [5.41, 5.74) is 0.446. The van der Waals surface area contributed by atoms with Crippen LogP contribution in [0.15, 0.2) is 24.3 Å². The van der Waals surface area contributed by atoms with Crippen LogP contribution in [0.4, 0.5) is 4.39 Å². The normalized spacial score (nSPS) is 23.0. The van der Waals surface area contributed by atoms with Gasteiger partial charge in [0.05, 0.1) is 12.2 Å². The summed E-state index contributed by atoms with van der Waals surface area (Å²) in [6.45, 7) is 2.20. The predicted octanol–water partition coefficient (Wildman–Crippen LogP) is 2.57. The van der Waals surface area contributed by atoms with E-state index in [1.807, 2.05) is 0 Å². The summed E-state index contributed by atoms with van der Waals surface area (Å²) in [5.74, 6) is -0.176. The van der Waals surface area contributed by atoms with E-state index < -0.39 is 11.9 Å². The van der Waals surface area contributed by atoms with Crippen LogP contribution in [0.5, 0.6) is 0 Å². The molecule has 1 aromatic carbocycles. The first-order valence-electron chi connectivity index (χ1n) is 7.88. The average molecular weight is 309 g/mol. The first-order valence-corrected chi connectivity index (χ1v) is 7.88. The second kappa shape index (κ2) is 8.25. The molecular formula is C17H24FNO3. The molecule has 1 aromatic rings. The fourth-order valence-electron chi connectivity index (χ4n) is 2.81. The number of ether oxygens (including phenoxy) is 1. The Morgan fingerprint density at radius 3 is 2.95 bits per heavy atom. The summed E-state index contributed by atoms with van der Waals surface area (Å²) in [5, 5.41) is 12.5. The van der Waals surface area contributed by atoms with Gasteiger partial charge in [0, 0.05) is 6.54 Å². The van der Waals surface area contributed by atoms with Gasteiger partial charge in [-0.3, -0.25) is 4.79 Å². The van der Waals surface area contributed by atoms with E-state index in [4.69, 9.17) is 4.74 Å². The van der Waals surface area contributed by atoms with Gasteiger partial charge in [0.2, 0.25) is 5.91 Å². The van der Waals surface area contributed by atoms with Gasteiger partial charge in [0.25, 0.3) is 0 Å². The van der Waals surface area contributed by atoms with Crippen LogP contribution in [0.2, 0.25) is 0 Å². The zero-order valence-electron chi connectivity index (χ0n) is 12.9. The van der Waals surface area contributed by atoms with Gasteiger partial charge >= 0.3 is 0 Å². The largest absolute Gasteiger partial charge is 0.387 e. The second-order valence-electron chi connectivity index (χ2n) is 5.99. The number of rotatable bonds is 6. The van der Waals surface area contributed by atoms with Crippen molar-refractivity contribution < 1.29 is 19.0 Å². The van der Waals surface area contributed by atoms with Crippen molar-refractivity contribution in [1.82, 2.24) is 5.32 Å². The van der Waals surface area contributed by atoms with Gasteiger partial charge in [-0.1, -0.05) is 31.9 Å². The fourth-order valence-corrected chi connectivity index (χ4v) is 2.81. The third-order valence-corrected chi connectivity index (χ3v) is 4.19. The molecule has 2 rings (SSSR count). The highest BCUT2D eigenvalue weighted by Crippen LogP contribution is 2.26. The van der Waals surface area contributed by atoms with Crippen LogP contribution in [0.1, 0.15) is 44.3 Å². The summed E-state index contributed by atoms with van der Waals surface area (Å²) in [6.07, 6.45) is 3.74. The molecule has 122 valence electrons. The molecule has 0 bridgehead atoms. The van der Waals surface area contributed by atoms with Crippen molar-refractivity contribution in [2.75, 3.05) is 13.2 Å². The van der Waals surface area contributed by atoms with Crippen molar-refractivity contribution in [3.8, 4) is 0 Å². The highest BCUT2D eigenvalue weighted by molar-refractivity contribution is 5.77. The molecule has 0 radical (unpaired) electrons. The summed E-state index contributed by atoms with van der Waals surface area (Å²) >= 11 is 0. The van der Waals surface area contributed by atoms with Crippen molar-refractivity contribution in [3.63, 3.8) is 0 Å².